The molecule has 52 heavy (non-hydrogen) atoms. The first-order valence-electron chi connectivity index (χ1n) is 20.0. The normalized spacial score (nSPS) is 14.0. The molecule has 0 saturated heterocycles. The molecule has 0 bridgehead atoms. The Labute approximate surface area is 320 Å². The van der Waals surface area contributed by atoms with Crippen LogP contribution in [0.4, 0.5) is 0 Å². The lowest BCUT2D eigenvalue weighted by molar-refractivity contribution is -0.147. The number of carbonyl (C=O) groups is 1. The number of benzene rings is 3. The largest absolute Gasteiger partial charge is 0.458 e. The monoisotopic (exact) mass is 742 g/mol. The maximum Gasteiger partial charge on any atom is 0.303 e. The fourth-order valence-electron chi connectivity index (χ4n) is 6.79. The summed E-state index contributed by atoms with van der Waals surface area (Å²) in [4.78, 5) is 12.2. The van der Waals surface area contributed by atoms with Gasteiger partial charge in [-0.1, -0.05) is 178 Å². The molecule has 0 heterocycles. The molecule has 0 amide bonds. The van der Waals surface area contributed by atoms with Crippen LogP contribution in [-0.2, 0) is 18.4 Å². The molecular weight excluding hydrogens is 673 g/mol. The minimum atomic E-state index is -2.74. The molecular formula is C46H70O4Si2. The van der Waals surface area contributed by atoms with E-state index < -0.39 is 16.6 Å². The number of ether oxygens (including phenoxy) is 1. The molecule has 0 N–H and O–H groups in total. The van der Waals surface area contributed by atoms with Crippen LogP contribution in [-0.4, -0.2) is 35.3 Å². The second-order valence-electron chi connectivity index (χ2n) is 17.1. The average molecular weight is 743 g/mol. The number of rotatable bonds is 21. The lowest BCUT2D eigenvalue weighted by atomic mass is 10.0. The third-order valence-corrected chi connectivity index (χ3v) is 20.4. The van der Waals surface area contributed by atoms with E-state index in [1.165, 1.54) is 49.4 Å². The molecule has 0 saturated carbocycles. The lowest BCUT2D eigenvalue weighted by Gasteiger charge is -2.45. The molecule has 6 heteroatoms. The van der Waals surface area contributed by atoms with Gasteiger partial charge in [-0.2, -0.15) is 0 Å². The Bertz CT molecular complexity index is 1450. The zero-order valence-electron chi connectivity index (χ0n) is 34.3. The molecule has 0 aromatic heterocycles. The van der Waals surface area contributed by atoms with Gasteiger partial charge in [0.1, 0.15) is 6.10 Å². The standard InChI is InChI=1S/C46H70O4Si2/c1-11-12-13-14-15-18-28-41(50-52(46(6,7)8,42-29-19-16-20-30-42)43-31-21-17-22-32-43)35-34-39-26-25-27-40(37-39)44(49-38(2)47)33-23-24-36-48-51(9,10)45(3,4)5/h16-17,19-22,25-27,29-32,34-35,37,41,44H,11-15,18,23-24,28,33,36H2,1-10H3. The van der Waals surface area contributed by atoms with Crippen LogP contribution in [0, 0.1) is 0 Å². The number of esters is 1. The number of carbonyl (C=O) groups excluding carboxylic acids is 1. The van der Waals surface area contributed by atoms with Gasteiger partial charge in [-0.15, -0.1) is 0 Å². The van der Waals surface area contributed by atoms with Gasteiger partial charge in [0.25, 0.3) is 8.32 Å². The Morgan fingerprint density at radius 2 is 1.29 bits per heavy atom. The van der Waals surface area contributed by atoms with Crippen molar-refractivity contribution in [3.8, 4) is 0 Å². The van der Waals surface area contributed by atoms with Gasteiger partial charge in [0.15, 0.2) is 8.32 Å². The van der Waals surface area contributed by atoms with Crippen LogP contribution in [0.25, 0.3) is 6.08 Å². The highest BCUT2D eigenvalue weighted by Crippen LogP contribution is 2.39. The molecule has 0 radical (unpaired) electrons. The smallest absolute Gasteiger partial charge is 0.303 e. The lowest BCUT2D eigenvalue weighted by Crippen LogP contribution is -2.67. The summed E-state index contributed by atoms with van der Waals surface area (Å²) in [6.07, 6.45) is 15.3. The van der Waals surface area contributed by atoms with Crippen LogP contribution in [0.5, 0.6) is 0 Å². The van der Waals surface area contributed by atoms with Crippen molar-refractivity contribution in [1.29, 1.82) is 0 Å². The molecule has 0 spiro atoms. The third-order valence-electron chi connectivity index (χ3n) is 10.8. The van der Waals surface area contributed by atoms with Gasteiger partial charge >= 0.3 is 5.97 Å². The molecule has 3 rings (SSSR count). The van der Waals surface area contributed by atoms with E-state index in [0.717, 1.165) is 49.8 Å². The predicted octanol–water partition coefficient (Wildman–Crippen LogP) is 12.2. The quantitative estimate of drug-likeness (QED) is 0.0619. The van der Waals surface area contributed by atoms with Crippen molar-refractivity contribution in [2.24, 2.45) is 0 Å². The van der Waals surface area contributed by atoms with Gasteiger partial charge in [0.2, 0.25) is 0 Å². The van der Waals surface area contributed by atoms with Crippen molar-refractivity contribution in [2.45, 2.75) is 155 Å². The number of unbranched alkanes of at least 4 members (excludes halogenated alkanes) is 6. The summed E-state index contributed by atoms with van der Waals surface area (Å²) in [6, 6.07) is 30.4. The van der Waals surface area contributed by atoms with Crippen LogP contribution in [0.15, 0.2) is 91.0 Å². The summed E-state index contributed by atoms with van der Waals surface area (Å²) in [7, 11) is -4.52. The van der Waals surface area contributed by atoms with E-state index in [1.54, 1.807) is 0 Å². The third kappa shape index (κ3) is 13.0. The Morgan fingerprint density at radius 3 is 1.85 bits per heavy atom. The van der Waals surface area contributed by atoms with E-state index in [4.69, 9.17) is 13.6 Å². The highest BCUT2D eigenvalue weighted by Gasteiger charge is 2.51. The van der Waals surface area contributed by atoms with E-state index in [9.17, 15) is 4.79 Å². The zero-order chi connectivity index (χ0) is 38.3. The van der Waals surface area contributed by atoms with Crippen LogP contribution < -0.4 is 10.4 Å². The first-order chi connectivity index (χ1) is 24.6. The highest BCUT2D eigenvalue weighted by atomic mass is 28.4. The van der Waals surface area contributed by atoms with Crippen LogP contribution in [0.1, 0.15) is 137 Å². The molecule has 4 nitrogen and oxygen atoms in total. The predicted molar refractivity (Wildman–Crippen MR) is 227 cm³/mol. The van der Waals surface area contributed by atoms with E-state index in [-0.39, 0.29) is 28.3 Å². The molecule has 2 unspecified atom stereocenters. The Kier molecular flexibility index (Phi) is 17.3. The highest BCUT2D eigenvalue weighted by molar-refractivity contribution is 6.99. The van der Waals surface area contributed by atoms with Crippen molar-refractivity contribution in [2.75, 3.05) is 6.61 Å². The summed E-state index contributed by atoms with van der Waals surface area (Å²) >= 11 is 0. The van der Waals surface area contributed by atoms with Crippen LogP contribution in [0.2, 0.25) is 23.2 Å². The van der Waals surface area contributed by atoms with Gasteiger partial charge < -0.3 is 13.6 Å². The topological polar surface area (TPSA) is 44.8 Å². The minimum absolute atomic E-state index is 0.0497. The number of hydrogen-bond acceptors (Lipinski definition) is 4. The van der Waals surface area contributed by atoms with E-state index in [1.807, 2.05) is 0 Å². The summed E-state index contributed by atoms with van der Waals surface area (Å²) in [5.41, 5.74) is 2.12. The van der Waals surface area contributed by atoms with Crippen molar-refractivity contribution >= 4 is 39.1 Å². The fraction of sp³-hybridized carbons (Fsp3) is 0.543. The fourth-order valence-corrected chi connectivity index (χ4v) is 12.5. The maximum absolute atomic E-state index is 12.2. The Balaban J connectivity index is 1.89. The summed E-state index contributed by atoms with van der Waals surface area (Å²) in [5, 5.41) is 2.70. The SMILES string of the molecule is CCCCCCCCC(C=Cc1cccc(C(CCCCO[Si](C)(C)C(C)(C)C)OC(C)=O)c1)O[Si](c1ccccc1)(c1ccccc1)C(C)(C)C. The van der Waals surface area contributed by atoms with Gasteiger partial charge in [-0.25, -0.2) is 0 Å². The van der Waals surface area contributed by atoms with Crippen molar-refractivity contribution < 1.29 is 18.4 Å². The van der Waals surface area contributed by atoms with Gasteiger partial charge in [-0.05, 0) is 76.4 Å². The van der Waals surface area contributed by atoms with Gasteiger partial charge in [0.05, 0.1) is 6.10 Å². The Hall–Kier alpha value is -2.78. The first kappa shape index (κ1) is 43.6. The van der Waals surface area contributed by atoms with Crippen molar-refractivity contribution in [3.05, 3.63) is 102 Å². The zero-order valence-corrected chi connectivity index (χ0v) is 36.3. The molecule has 2 atom stereocenters. The minimum Gasteiger partial charge on any atom is -0.458 e. The molecule has 286 valence electrons. The second-order valence-corrected chi connectivity index (χ2v) is 26.2. The van der Waals surface area contributed by atoms with Crippen molar-refractivity contribution in [1.82, 2.24) is 0 Å². The summed E-state index contributed by atoms with van der Waals surface area (Å²) < 4.78 is 20.0. The van der Waals surface area contributed by atoms with E-state index in [0.29, 0.717) is 0 Å². The molecule has 0 aliphatic heterocycles. The summed E-state index contributed by atoms with van der Waals surface area (Å²) in [6.45, 7) is 23.0. The first-order valence-corrected chi connectivity index (χ1v) is 24.8. The average Bonchev–Trinajstić information content (AvgIpc) is 3.09. The Morgan fingerprint density at radius 1 is 0.712 bits per heavy atom. The van der Waals surface area contributed by atoms with Crippen molar-refractivity contribution in [3.63, 3.8) is 0 Å². The van der Waals surface area contributed by atoms with Gasteiger partial charge in [-0.3, -0.25) is 4.79 Å². The van der Waals surface area contributed by atoms with E-state index in [2.05, 4.69) is 159 Å². The van der Waals surface area contributed by atoms with Crippen LogP contribution in [0.3, 0.4) is 0 Å². The van der Waals surface area contributed by atoms with E-state index >= 15 is 0 Å². The molecule has 3 aromatic carbocycles. The van der Waals surface area contributed by atoms with Gasteiger partial charge in [0, 0.05) is 13.5 Å². The molecule has 0 fully saturated rings. The summed E-state index contributed by atoms with van der Waals surface area (Å²) in [5.74, 6) is -0.249. The maximum atomic E-state index is 12.2. The molecule has 0 aliphatic carbocycles. The molecule has 0 aliphatic rings. The van der Waals surface area contributed by atoms with Crippen LogP contribution >= 0.6 is 0 Å². The number of hydrogen-bond donors (Lipinski definition) is 0. The molecule has 3 aromatic rings. The second kappa shape index (κ2) is 20.6.